The van der Waals surface area contributed by atoms with Crippen LogP contribution in [0.25, 0.3) is 0 Å². The number of allylic oxidation sites excluding steroid dienone is 2. The lowest BCUT2D eigenvalue weighted by atomic mass is 9.34. The second-order valence-corrected chi connectivity index (χ2v) is 22.2. The number of hydrogen-bond acceptors (Lipinski definition) is 17. The molecule has 7 fully saturated rings. The van der Waals surface area contributed by atoms with Crippen LogP contribution >= 0.6 is 0 Å². The molecule has 7 rings (SSSR count). The molecule has 4 aliphatic carbocycles. The van der Waals surface area contributed by atoms with E-state index in [4.69, 9.17) is 28.4 Å². The smallest absolute Gasteiger partial charge is 0.187 e. The fourth-order valence-corrected chi connectivity index (χ4v) is 14.3. The summed E-state index contributed by atoms with van der Waals surface area (Å²) >= 11 is 0. The first-order chi connectivity index (χ1) is 29.3. The van der Waals surface area contributed by atoms with Crippen molar-refractivity contribution in [3.8, 4) is 0 Å². The third-order valence-electron chi connectivity index (χ3n) is 17.9. The lowest BCUT2D eigenvalue weighted by molar-refractivity contribution is -0.342. The van der Waals surface area contributed by atoms with Crippen molar-refractivity contribution in [2.45, 2.75) is 211 Å². The Balaban J connectivity index is 1.07. The van der Waals surface area contributed by atoms with Crippen LogP contribution in [0.1, 0.15) is 107 Å². The summed E-state index contributed by atoms with van der Waals surface area (Å²) in [5.41, 5.74) is -1.50. The Morgan fingerprint density at radius 1 is 0.667 bits per heavy atom. The Morgan fingerprint density at radius 2 is 1.25 bits per heavy atom. The Kier molecular flexibility index (Phi) is 14.4. The third-order valence-corrected chi connectivity index (χ3v) is 17.9. The molecule has 0 aromatic carbocycles. The molecule has 0 bridgehead atoms. The predicted molar refractivity (Wildman–Crippen MR) is 223 cm³/mol. The highest BCUT2D eigenvalue weighted by molar-refractivity contribution is 5.22. The van der Waals surface area contributed by atoms with E-state index in [0.717, 1.165) is 18.4 Å². The number of rotatable bonds is 12. The van der Waals surface area contributed by atoms with E-state index in [9.17, 15) is 56.2 Å². The van der Waals surface area contributed by atoms with Crippen molar-refractivity contribution in [3.63, 3.8) is 0 Å². The van der Waals surface area contributed by atoms with Gasteiger partial charge in [-0.15, -0.1) is 0 Å². The molecule has 24 atom stereocenters. The molecule has 0 unspecified atom stereocenters. The first-order valence-corrected chi connectivity index (χ1v) is 23.3. The van der Waals surface area contributed by atoms with Crippen molar-refractivity contribution in [3.05, 3.63) is 11.6 Å². The fraction of sp³-hybridized carbons (Fsp3) is 0.957. The standard InChI is InChI=1S/C46H78O17/c1-21(2)10-9-13-46(8,22-11-15-44(6)30(22)23(47)16-28-43(5)14-12-29(50)42(3,4)38(43)24(48)17-45(28,44)7)63-41-37(57)34(54)32(52)26(62-41)20-60-40-36(56)33(53)27(61-40)19-59-39-35(55)31(51)25(49)18-58-39/h10,22-41,47-57H,9,11-20H2,1-8H3/t22-,23+,24-,25+,26+,27-,28+,29-,30-,31-,32+,33-,34-,35+,36+,37+,38-,39-,40+,41-,43+,44+,45+,46-/m0/s1. The van der Waals surface area contributed by atoms with Crippen molar-refractivity contribution in [1.82, 2.24) is 0 Å². The maximum atomic E-state index is 12.5. The monoisotopic (exact) mass is 903 g/mol. The Hall–Kier alpha value is -0.940. The SMILES string of the molecule is CC(C)=CCC[C@](C)(O[C@@H]1O[C@H](CO[C@@H]2O[C@@H](CO[C@@H]3OC[C@@H](O)[C@H](O)[C@H]3O)[C@H](O)[C@H]2O)[C@@H](O)[C@H](O)[C@H]1O)[C@H]1CC[C@]2(C)[C@@H]1[C@H](O)C[C@@H]1[C@@]3(C)CC[C@H](O)C(C)(C)[C@@H]3[C@@H](O)C[C@]12C. The molecule has 0 radical (unpaired) electrons. The Morgan fingerprint density at radius 3 is 1.90 bits per heavy atom. The van der Waals surface area contributed by atoms with Gasteiger partial charge < -0.3 is 84.6 Å². The minimum absolute atomic E-state index is 0.0908. The molecule has 3 aliphatic heterocycles. The van der Waals surface area contributed by atoms with Crippen LogP contribution in [-0.4, -0.2) is 180 Å². The third kappa shape index (κ3) is 8.53. The maximum absolute atomic E-state index is 12.5. The molecule has 3 heterocycles. The van der Waals surface area contributed by atoms with Gasteiger partial charge in [0.05, 0.1) is 43.7 Å². The normalized spacial score (nSPS) is 52.9. The van der Waals surface area contributed by atoms with Gasteiger partial charge in [0.1, 0.15) is 61.0 Å². The van der Waals surface area contributed by atoms with Gasteiger partial charge in [-0.1, -0.05) is 46.3 Å². The lowest BCUT2D eigenvalue weighted by Crippen LogP contribution is -2.70. The summed E-state index contributed by atoms with van der Waals surface area (Å²) in [7, 11) is 0. The number of hydrogen-bond donors (Lipinski definition) is 11. The van der Waals surface area contributed by atoms with Gasteiger partial charge in [0.15, 0.2) is 18.9 Å². The van der Waals surface area contributed by atoms with Crippen LogP contribution in [0, 0.1) is 45.3 Å². The zero-order valence-corrected chi connectivity index (χ0v) is 38.3. The summed E-state index contributed by atoms with van der Waals surface area (Å²) < 4.78 is 35.4. The van der Waals surface area contributed by atoms with Crippen LogP contribution < -0.4 is 0 Å². The molecule has 0 spiro atoms. The zero-order chi connectivity index (χ0) is 46.4. The number of ether oxygens (including phenoxy) is 6. The van der Waals surface area contributed by atoms with Gasteiger partial charge in [-0.2, -0.15) is 0 Å². The van der Waals surface area contributed by atoms with Gasteiger partial charge in [-0.3, -0.25) is 0 Å². The van der Waals surface area contributed by atoms with Gasteiger partial charge >= 0.3 is 0 Å². The van der Waals surface area contributed by atoms with E-state index in [0.29, 0.717) is 38.5 Å². The largest absolute Gasteiger partial charge is 0.393 e. The quantitative estimate of drug-likeness (QED) is 0.117. The molecule has 0 amide bonds. The van der Waals surface area contributed by atoms with Crippen LogP contribution in [-0.2, 0) is 28.4 Å². The van der Waals surface area contributed by atoms with Gasteiger partial charge in [0.2, 0.25) is 0 Å². The van der Waals surface area contributed by atoms with E-state index >= 15 is 0 Å². The first kappa shape index (κ1) is 50.0. The molecule has 0 aromatic rings. The van der Waals surface area contributed by atoms with Crippen LogP contribution in [0.3, 0.4) is 0 Å². The van der Waals surface area contributed by atoms with E-state index in [2.05, 4.69) is 40.7 Å². The molecule has 364 valence electrons. The van der Waals surface area contributed by atoms with E-state index in [-0.39, 0.29) is 41.1 Å². The Labute approximate surface area is 371 Å². The first-order valence-electron chi connectivity index (χ1n) is 23.3. The molecule has 63 heavy (non-hydrogen) atoms. The highest BCUT2D eigenvalue weighted by atomic mass is 16.7. The van der Waals surface area contributed by atoms with Crippen LogP contribution in [0.2, 0.25) is 0 Å². The molecule has 3 saturated heterocycles. The van der Waals surface area contributed by atoms with Gasteiger partial charge in [0.25, 0.3) is 0 Å². The highest BCUT2D eigenvalue weighted by Gasteiger charge is 2.73. The lowest BCUT2D eigenvalue weighted by Gasteiger charge is -2.71. The Bertz CT molecular complexity index is 1610. The fourth-order valence-electron chi connectivity index (χ4n) is 14.3. The summed E-state index contributed by atoms with van der Waals surface area (Å²) in [6.45, 7) is 15.8. The van der Waals surface area contributed by atoms with Gasteiger partial charge in [0, 0.05) is 0 Å². The predicted octanol–water partition coefficient (Wildman–Crippen LogP) is 0.222. The van der Waals surface area contributed by atoms with Crippen LogP contribution in [0.15, 0.2) is 11.6 Å². The van der Waals surface area contributed by atoms with Crippen LogP contribution in [0.4, 0.5) is 0 Å². The van der Waals surface area contributed by atoms with E-state index in [1.807, 2.05) is 20.8 Å². The molecule has 17 nitrogen and oxygen atoms in total. The van der Waals surface area contributed by atoms with Crippen molar-refractivity contribution in [2.24, 2.45) is 45.3 Å². The van der Waals surface area contributed by atoms with E-state index in [1.54, 1.807) is 0 Å². The summed E-state index contributed by atoms with van der Waals surface area (Å²) in [4.78, 5) is 0. The minimum atomic E-state index is -1.72. The average molecular weight is 903 g/mol. The molecular formula is C46H78O17. The summed E-state index contributed by atoms with van der Waals surface area (Å²) in [5, 5.41) is 121. The number of fused-ring (bicyclic) bond motifs is 5. The van der Waals surface area contributed by atoms with Crippen molar-refractivity contribution in [2.75, 3.05) is 19.8 Å². The minimum Gasteiger partial charge on any atom is -0.393 e. The molecule has 11 N–H and O–H groups in total. The molecular weight excluding hydrogens is 824 g/mol. The van der Waals surface area contributed by atoms with Crippen molar-refractivity contribution in [1.29, 1.82) is 0 Å². The number of aliphatic hydroxyl groups is 11. The van der Waals surface area contributed by atoms with Gasteiger partial charge in [-0.05, 0) is 117 Å². The van der Waals surface area contributed by atoms with E-state index < -0.39 is 128 Å². The molecule has 17 heteroatoms. The molecule has 0 aromatic heterocycles. The second kappa shape index (κ2) is 18.2. The van der Waals surface area contributed by atoms with E-state index in [1.165, 1.54) is 0 Å². The highest BCUT2D eigenvalue weighted by Crippen LogP contribution is 2.76. The number of aliphatic hydroxyl groups excluding tert-OH is 11. The maximum Gasteiger partial charge on any atom is 0.187 e. The van der Waals surface area contributed by atoms with Crippen molar-refractivity contribution < 1.29 is 84.6 Å². The zero-order valence-electron chi connectivity index (χ0n) is 38.3. The average Bonchev–Trinajstić information content (AvgIpc) is 3.72. The van der Waals surface area contributed by atoms with Gasteiger partial charge in [-0.25, -0.2) is 0 Å². The summed E-state index contributed by atoms with van der Waals surface area (Å²) in [6.07, 6.45) is -14.0. The summed E-state index contributed by atoms with van der Waals surface area (Å²) in [6, 6.07) is 0. The topological polar surface area (TPSA) is 278 Å². The van der Waals surface area contributed by atoms with Crippen molar-refractivity contribution >= 4 is 0 Å². The summed E-state index contributed by atoms with van der Waals surface area (Å²) in [5.74, 6) is -0.536. The second-order valence-electron chi connectivity index (χ2n) is 22.2. The van der Waals surface area contributed by atoms with Crippen LogP contribution in [0.5, 0.6) is 0 Å². The molecule has 4 saturated carbocycles. The molecule has 7 aliphatic rings.